The number of nitrogen functional groups attached to an aromatic ring is 1. The van der Waals surface area contributed by atoms with E-state index in [4.69, 9.17) is 5.73 Å². The second-order valence-electron chi connectivity index (χ2n) is 4.07. The second-order valence-corrected chi connectivity index (χ2v) is 4.07. The molecule has 0 saturated carbocycles. The first-order valence-electron chi connectivity index (χ1n) is 5.35. The first kappa shape index (κ1) is 10.6. The van der Waals surface area contributed by atoms with Crippen LogP contribution < -0.4 is 5.73 Å². The minimum atomic E-state index is 0.472. The van der Waals surface area contributed by atoms with Gasteiger partial charge in [0.1, 0.15) is 11.5 Å². The third-order valence-corrected chi connectivity index (χ3v) is 2.58. The van der Waals surface area contributed by atoms with Gasteiger partial charge in [-0.25, -0.2) is 4.98 Å². The summed E-state index contributed by atoms with van der Waals surface area (Å²) in [7, 11) is 0. The standard InChI is InChI=1S/C13H15N3/c1-9(2)10-3-5-11(6-4-10)12-13(14)16-8-7-15-12/h3-9H,1-2H3,(H2,14,16). The second kappa shape index (κ2) is 4.31. The maximum atomic E-state index is 5.78. The third-order valence-electron chi connectivity index (χ3n) is 2.58. The Morgan fingerprint density at radius 2 is 1.62 bits per heavy atom. The van der Waals surface area contributed by atoms with E-state index in [-0.39, 0.29) is 0 Å². The molecule has 0 bridgehead atoms. The van der Waals surface area contributed by atoms with E-state index in [9.17, 15) is 0 Å². The topological polar surface area (TPSA) is 51.8 Å². The van der Waals surface area contributed by atoms with Gasteiger partial charge in [0.2, 0.25) is 0 Å². The summed E-state index contributed by atoms with van der Waals surface area (Å²) >= 11 is 0. The van der Waals surface area contributed by atoms with Crippen LogP contribution in [-0.2, 0) is 0 Å². The summed E-state index contributed by atoms with van der Waals surface area (Å²) < 4.78 is 0. The Labute approximate surface area is 95.4 Å². The molecule has 0 atom stereocenters. The summed E-state index contributed by atoms with van der Waals surface area (Å²) in [6, 6.07) is 8.29. The lowest BCUT2D eigenvalue weighted by Crippen LogP contribution is -1.96. The molecular formula is C13H15N3. The molecule has 0 fully saturated rings. The fraction of sp³-hybridized carbons (Fsp3) is 0.231. The zero-order valence-electron chi connectivity index (χ0n) is 9.51. The van der Waals surface area contributed by atoms with Crippen LogP contribution in [0.3, 0.4) is 0 Å². The van der Waals surface area contributed by atoms with Gasteiger partial charge in [-0.2, -0.15) is 0 Å². The molecule has 1 heterocycles. The first-order valence-corrected chi connectivity index (χ1v) is 5.35. The van der Waals surface area contributed by atoms with Gasteiger partial charge >= 0.3 is 0 Å². The van der Waals surface area contributed by atoms with Gasteiger partial charge in [-0.1, -0.05) is 38.1 Å². The summed E-state index contributed by atoms with van der Waals surface area (Å²) in [4.78, 5) is 8.26. The van der Waals surface area contributed by atoms with E-state index >= 15 is 0 Å². The zero-order chi connectivity index (χ0) is 11.5. The highest BCUT2D eigenvalue weighted by atomic mass is 14.9. The zero-order valence-corrected chi connectivity index (χ0v) is 9.51. The maximum absolute atomic E-state index is 5.78. The van der Waals surface area contributed by atoms with Crippen molar-refractivity contribution in [3.8, 4) is 11.3 Å². The van der Waals surface area contributed by atoms with E-state index in [1.54, 1.807) is 12.4 Å². The summed E-state index contributed by atoms with van der Waals surface area (Å²) in [6.45, 7) is 4.34. The van der Waals surface area contributed by atoms with Gasteiger partial charge in [0.25, 0.3) is 0 Å². The maximum Gasteiger partial charge on any atom is 0.149 e. The highest BCUT2D eigenvalue weighted by Gasteiger charge is 2.05. The van der Waals surface area contributed by atoms with Gasteiger partial charge in [0.15, 0.2) is 0 Å². The van der Waals surface area contributed by atoms with Crippen LogP contribution >= 0.6 is 0 Å². The molecule has 2 aromatic rings. The molecule has 0 radical (unpaired) electrons. The fourth-order valence-electron chi connectivity index (χ4n) is 1.60. The molecule has 0 saturated heterocycles. The van der Waals surface area contributed by atoms with Crippen molar-refractivity contribution in [2.24, 2.45) is 0 Å². The highest BCUT2D eigenvalue weighted by molar-refractivity contribution is 5.69. The van der Waals surface area contributed by atoms with Crippen LogP contribution in [0, 0.1) is 0 Å². The molecule has 0 spiro atoms. The average molecular weight is 213 g/mol. The molecule has 0 aliphatic rings. The van der Waals surface area contributed by atoms with Crippen molar-refractivity contribution in [1.82, 2.24) is 9.97 Å². The molecule has 0 aliphatic heterocycles. The molecule has 16 heavy (non-hydrogen) atoms. The number of hydrogen-bond acceptors (Lipinski definition) is 3. The Morgan fingerprint density at radius 3 is 2.19 bits per heavy atom. The van der Waals surface area contributed by atoms with Crippen molar-refractivity contribution in [3.63, 3.8) is 0 Å². The molecule has 1 aromatic carbocycles. The number of rotatable bonds is 2. The molecule has 0 amide bonds. The molecule has 82 valence electrons. The Kier molecular flexibility index (Phi) is 2.86. The summed E-state index contributed by atoms with van der Waals surface area (Å²) in [6.07, 6.45) is 3.25. The van der Waals surface area contributed by atoms with Crippen LogP contribution in [0.5, 0.6) is 0 Å². The predicted molar refractivity (Wildman–Crippen MR) is 66.0 cm³/mol. The Balaban J connectivity index is 2.39. The highest BCUT2D eigenvalue weighted by Crippen LogP contribution is 2.23. The Hall–Kier alpha value is -1.90. The molecular weight excluding hydrogens is 198 g/mol. The minimum Gasteiger partial charge on any atom is -0.382 e. The van der Waals surface area contributed by atoms with E-state index < -0.39 is 0 Å². The number of anilines is 1. The van der Waals surface area contributed by atoms with Crippen molar-refractivity contribution in [3.05, 3.63) is 42.2 Å². The van der Waals surface area contributed by atoms with Gasteiger partial charge in [0, 0.05) is 18.0 Å². The molecule has 3 heteroatoms. The third kappa shape index (κ3) is 2.03. The van der Waals surface area contributed by atoms with Crippen LogP contribution in [0.25, 0.3) is 11.3 Å². The monoisotopic (exact) mass is 213 g/mol. The number of nitrogens with zero attached hydrogens (tertiary/aromatic N) is 2. The van der Waals surface area contributed by atoms with Crippen molar-refractivity contribution in [2.45, 2.75) is 19.8 Å². The van der Waals surface area contributed by atoms with Gasteiger partial charge in [-0.15, -0.1) is 0 Å². The van der Waals surface area contributed by atoms with Crippen LogP contribution in [-0.4, -0.2) is 9.97 Å². The lowest BCUT2D eigenvalue weighted by atomic mass is 10.0. The first-order chi connectivity index (χ1) is 7.68. The summed E-state index contributed by atoms with van der Waals surface area (Å²) in [5.41, 5.74) is 8.85. The Morgan fingerprint density at radius 1 is 1.00 bits per heavy atom. The van der Waals surface area contributed by atoms with Crippen molar-refractivity contribution < 1.29 is 0 Å². The van der Waals surface area contributed by atoms with Crippen molar-refractivity contribution in [2.75, 3.05) is 5.73 Å². The lowest BCUT2D eigenvalue weighted by Gasteiger charge is -2.07. The van der Waals surface area contributed by atoms with Gasteiger partial charge in [-0.05, 0) is 11.5 Å². The van der Waals surface area contributed by atoms with Crippen LogP contribution in [0.1, 0.15) is 25.3 Å². The minimum absolute atomic E-state index is 0.472. The largest absolute Gasteiger partial charge is 0.382 e. The Bertz CT molecular complexity index is 475. The fourth-order valence-corrected chi connectivity index (χ4v) is 1.60. The molecule has 0 aliphatic carbocycles. The van der Waals surface area contributed by atoms with Crippen molar-refractivity contribution >= 4 is 5.82 Å². The summed E-state index contributed by atoms with van der Waals surface area (Å²) in [5, 5.41) is 0. The average Bonchev–Trinajstić information content (AvgIpc) is 2.30. The lowest BCUT2D eigenvalue weighted by molar-refractivity contribution is 0.867. The smallest absolute Gasteiger partial charge is 0.149 e. The number of aromatic nitrogens is 2. The van der Waals surface area contributed by atoms with Gasteiger partial charge in [-0.3, -0.25) is 4.98 Å². The molecule has 2 N–H and O–H groups in total. The number of hydrogen-bond donors (Lipinski definition) is 1. The van der Waals surface area contributed by atoms with E-state index in [1.165, 1.54) is 5.56 Å². The molecule has 3 nitrogen and oxygen atoms in total. The van der Waals surface area contributed by atoms with Crippen LogP contribution in [0.15, 0.2) is 36.7 Å². The quantitative estimate of drug-likeness (QED) is 0.834. The van der Waals surface area contributed by atoms with Crippen LogP contribution in [0.2, 0.25) is 0 Å². The van der Waals surface area contributed by atoms with Crippen LogP contribution in [0.4, 0.5) is 5.82 Å². The van der Waals surface area contributed by atoms with Gasteiger partial charge < -0.3 is 5.73 Å². The normalized spacial score (nSPS) is 10.7. The summed E-state index contributed by atoms with van der Waals surface area (Å²) in [5.74, 6) is 1.01. The molecule has 0 unspecified atom stereocenters. The van der Waals surface area contributed by atoms with E-state index in [1.807, 2.05) is 12.1 Å². The number of nitrogens with two attached hydrogens (primary N) is 1. The number of benzene rings is 1. The van der Waals surface area contributed by atoms with E-state index in [0.717, 1.165) is 11.3 Å². The van der Waals surface area contributed by atoms with E-state index in [0.29, 0.717) is 11.7 Å². The van der Waals surface area contributed by atoms with Gasteiger partial charge in [0.05, 0.1) is 0 Å². The predicted octanol–water partition coefficient (Wildman–Crippen LogP) is 2.85. The molecule has 2 rings (SSSR count). The molecule has 1 aromatic heterocycles. The van der Waals surface area contributed by atoms with Crippen molar-refractivity contribution in [1.29, 1.82) is 0 Å². The van der Waals surface area contributed by atoms with E-state index in [2.05, 4.69) is 35.9 Å². The SMILES string of the molecule is CC(C)c1ccc(-c2nccnc2N)cc1.